The van der Waals surface area contributed by atoms with Crippen molar-refractivity contribution in [2.75, 3.05) is 37.6 Å². The largest absolute Gasteiger partial charge is 0.478 e. The SMILES string of the molecule is C=C(CCC(F)F)C1=C(CN2CCN(c3ccc(C(=O)O)cc3)CC2)CCC(C)(C)C1. The normalized spacial score (nSPS) is 19.7. The number of carboxylic acids is 1. The van der Waals surface area contributed by atoms with Gasteiger partial charge in [0.1, 0.15) is 0 Å². The molecule has 0 bridgehead atoms. The Labute approximate surface area is 184 Å². The number of rotatable bonds is 8. The smallest absolute Gasteiger partial charge is 0.335 e. The maximum Gasteiger partial charge on any atom is 0.335 e. The van der Waals surface area contributed by atoms with Crippen LogP contribution in [0.25, 0.3) is 0 Å². The van der Waals surface area contributed by atoms with Crippen LogP contribution in [0.4, 0.5) is 14.5 Å². The molecule has 4 nitrogen and oxygen atoms in total. The zero-order valence-electron chi connectivity index (χ0n) is 18.7. The summed E-state index contributed by atoms with van der Waals surface area (Å²) in [6.07, 6.45) is 1.01. The summed E-state index contributed by atoms with van der Waals surface area (Å²) < 4.78 is 25.4. The maximum absolute atomic E-state index is 12.7. The first-order valence-electron chi connectivity index (χ1n) is 11.1. The Balaban J connectivity index is 1.62. The van der Waals surface area contributed by atoms with Crippen molar-refractivity contribution in [3.05, 3.63) is 53.1 Å². The van der Waals surface area contributed by atoms with Crippen molar-refractivity contribution in [2.24, 2.45) is 5.41 Å². The molecule has 2 aliphatic rings. The quantitative estimate of drug-likeness (QED) is 0.579. The standard InChI is InChI=1S/C25H34F2N2O2/c1-18(4-9-23(26)27)22-16-25(2,3)11-10-20(22)17-28-12-14-29(15-13-28)21-7-5-19(6-8-21)24(30)31/h5-8,23H,1,4,9-17H2,2-3H3,(H,30,31). The molecule has 0 radical (unpaired) electrons. The van der Waals surface area contributed by atoms with Crippen molar-refractivity contribution in [2.45, 2.75) is 52.4 Å². The van der Waals surface area contributed by atoms with E-state index in [1.54, 1.807) is 12.1 Å². The number of nitrogens with zero attached hydrogens (tertiary/aromatic N) is 2. The predicted molar refractivity (Wildman–Crippen MR) is 121 cm³/mol. The fourth-order valence-electron chi connectivity index (χ4n) is 4.56. The fourth-order valence-corrected chi connectivity index (χ4v) is 4.56. The highest BCUT2D eigenvalue weighted by molar-refractivity contribution is 5.88. The van der Waals surface area contributed by atoms with Crippen molar-refractivity contribution in [3.8, 4) is 0 Å². The average molecular weight is 433 g/mol. The topological polar surface area (TPSA) is 43.8 Å². The Hall–Kier alpha value is -2.21. The summed E-state index contributed by atoms with van der Waals surface area (Å²) in [5, 5.41) is 9.06. The molecule has 1 fully saturated rings. The second-order valence-corrected chi connectivity index (χ2v) is 9.57. The predicted octanol–water partition coefficient (Wildman–Crippen LogP) is 5.62. The van der Waals surface area contributed by atoms with Gasteiger partial charge < -0.3 is 10.0 Å². The molecule has 170 valence electrons. The second kappa shape index (κ2) is 9.94. The number of halogens is 2. The zero-order chi connectivity index (χ0) is 22.6. The fraction of sp³-hybridized carbons (Fsp3) is 0.560. The van der Waals surface area contributed by atoms with Crippen molar-refractivity contribution in [1.82, 2.24) is 4.90 Å². The molecule has 3 rings (SSSR count). The van der Waals surface area contributed by atoms with Gasteiger partial charge in [0.05, 0.1) is 5.56 Å². The minimum Gasteiger partial charge on any atom is -0.478 e. The summed E-state index contributed by atoms with van der Waals surface area (Å²) in [6.45, 7) is 13.2. The molecule has 0 amide bonds. The molecular formula is C25H34F2N2O2. The summed E-state index contributed by atoms with van der Waals surface area (Å²) in [4.78, 5) is 15.8. The molecule has 1 aliphatic carbocycles. The van der Waals surface area contributed by atoms with Crippen LogP contribution in [0.2, 0.25) is 0 Å². The molecule has 6 heteroatoms. The molecule has 31 heavy (non-hydrogen) atoms. The van der Waals surface area contributed by atoms with Crippen LogP contribution < -0.4 is 4.90 Å². The van der Waals surface area contributed by atoms with Crippen LogP contribution >= 0.6 is 0 Å². The lowest BCUT2D eigenvalue weighted by molar-refractivity contribution is 0.0697. The molecule has 0 aromatic heterocycles. The number of alkyl halides is 2. The minimum absolute atomic E-state index is 0.116. The highest BCUT2D eigenvalue weighted by atomic mass is 19.3. The summed E-state index contributed by atoms with van der Waals surface area (Å²) >= 11 is 0. The van der Waals surface area contributed by atoms with Gasteiger partial charge in [-0.1, -0.05) is 31.6 Å². The van der Waals surface area contributed by atoms with E-state index in [2.05, 4.69) is 30.2 Å². The Morgan fingerprint density at radius 2 is 1.81 bits per heavy atom. The lowest BCUT2D eigenvalue weighted by atomic mass is 9.72. The van der Waals surface area contributed by atoms with Crippen LogP contribution in [0.5, 0.6) is 0 Å². The Kier molecular flexibility index (Phi) is 7.52. The molecule has 0 saturated carbocycles. The summed E-state index contributed by atoms with van der Waals surface area (Å²) in [5.74, 6) is -0.911. The van der Waals surface area contributed by atoms with Crippen LogP contribution in [0, 0.1) is 5.41 Å². The van der Waals surface area contributed by atoms with E-state index in [0.717, 1.165) is 63.2 Å². The van der Waals surface area contributed by atoms with Gasteiger partial charge in [-0.15, -0.1) is 0 Å². The van der Waals surface area contributed by atoms with Gasteiger partial charge in [0.15, 0.2) is 0 Å². The highest BCUT2D eigenvalue weighted by Gasteiger charge is 2.29. The third kappa shape index (κ3) is 6.39. The molecule has 0 atom stereocenters. The van der Waals surface area contributed by atoms with E-state index < -0.39 is 12.4 Å². The maximum atomic E-state index is 12.7. The van der Waals surface area contributed by atoms with Crippen molar-refractivity contribution >= 4 is 11.7 Å². The highest BCUT2D eigenvalue weighted by Crippen LogP contribution is 2.42. The first-order chi connectivity index (χ1) is 14.6. The lowest BCUT2D eigenvalue weighted by Gasteiger charge is -2.39. The molecular weight excluding hydrogens is 398 g/mol. The zero-order valence-corrected chi connectivity index (χ0v) is 18.7. The number of carbonyl (C=O) groups is 1. The van der Waals surface area contributed by atoms with E-state index in [0.29, 0.717) is 12.0 Å². The first kappa shape index (κ1) is 23.5. The summed E-state index contributed by atoms with van der Waals surface area (Å²) in [6, 6.07) is 7.04. The number of carboxylic acid groups (broad SMARTS) is 1. The van der Waals surface area contributed by atoms with Crippen molar-refractivity contribution in [3.63, 3.8) is 0 Å². The second-order valence-electron chi connectivity index (χ2n) is 9.57. The van der Waals surface area contributed by atoms with Gasteiger partial charge >= 0.3 is 5.97 Å². The van der Waals surface area contributed by atoms with Crippen molar-refractivity contribution in [1.29, 1.82) is 0 Å². The number of aromatic carboxylic acids is 1. The molecule has 0 spiro atoms. The van der Waals surface area contributed by atoms with E-state index in [1.165, 1.54) is 11.1 Å². The van der Waals surface area contributed by atoms with Gasteiger partial charge in [-0.2, -0.15) is 0 Å². The van der Waals surface area contributed by atoms with E-state index in [4.69, 9.17) is 5.11 Å². The third-order valence-corrected chi connectivity index (χ3v) is 6.54. The number of piperazine rings is 1. The molecule has 1 N–H and O–H groups in total. The van der Waals surface area contributed by atoms with E-state index in [9.17, 15) is 13.6 Å². The average Bonchev–Trinajstić information content (AvgIpc) is 2.73. The van der Waals surface area contributed by atoms with Gasteiger partial charge in [-0.25, -0.2) is 13.6 Å². The molecule has 1 aliphatic heterocycles. The Morgan fingerprint density at radius 3 is 2.39 bits per heavy atom. The van der Waals surface area contributed by atoms with Crippen LogP contribution in [0.3, 0.4) is 0 Å². The lowest BCUT2D eigenvalue weighted by Crippen LogP contribution is -2.47. The van der Waals surface area contributed by atoms with Crippen LogP contribution in [-0.2, 0) is 0 Å². The Morgan fingerprint density at radius 1 is 1.16 bits per heavy atom. The summed E-state index contributed by atoms with van der Waals surface area (Å²) in [7, 11) is 0. The van der Waals surface area contributed by atoms with Gasteiger partial charge in [0.2, 0.25) is 6.43 Å². The van der Waals surface area contributed by atoms with Crippen LogP contribution in [0.1, 0.15) is 56.3 Å². The van der Waals surface area contributed by atoms with Gasteiger partial charge in [0, 0.05) is 44.8 Å². The third-order valence-electron chi connectivity index (χ3n) is 6.54. The van der Waals surface area contributed by atoms with Crippen LogP contribution in [0.15, 0.2) is 47.6 Å². The van der Waals surface area contributed by atoms with Gasteiger partial charge in [-0.3, -0.25) is 4.90 Å². The molecule has 1 aromatic carbocycles. The summed E-state index contributed by atoms with van der Waals surface area (Å²) in [5.41, 5.74) is 5.02. The first-order valence-corrected chi connectivity index (χ1v) is 11.1. The van der Waals surface area contributed by atoms with E-state index >= 15 is 0 Å². The van der Waals surface area contributed by atoms with Gasteiger partial charge in [-0.05, 0) is 60.9 Å². The number of allylic oxidation sites excluding steroid dienone is 2. The number of hydrogen-bond donors (Lipinski definition) is 1. The number of anilines is 1. The van der Waals surface area contributed by atoms with Crippen molar-refractivity contribution < 1.29 is 18.7 Å². The molecule has 1 saturated heterocycles. The van der Waals surface area contributed by atoms with Gasteiger partial charge in [0.25, 0.3) is 0 Å². The monoisotopic (exact) mass is 432 g/mol. The number of hydrogen-bond acceptors (Lipinski definition) is 3. The van der Waals surface area contributed by atoms with E-state index in [1.807, 2.05) is 12.1 Å². The minimum atomic E-state index is -2.28. The Bertz CT molecular complexity index is 822. The molecule has 1 aromatic rings. The number of benzene rings is 1. The molecule has 1 heterocycles. The van der Waals surface area contributed by atoms with E-state index in [-0.39, 0.29) is 11.8 Å². The molecule has 0 unspecified atom stereocenters. The van der Waals surface area contributed by atoms with Crippen LogP contribution in [-0.4, -0.2) is 55.1 Å².